The molecule has 1 aromatic heterocycles. The van der Waals surface area contributed by atoms with E-state index in [2.05, 4.69) is 15.0 Å². The van der Waals surface area contributed by atoms with Gasteiger partial charge in [-0.15, -0.1) is 0 Å². The van der Waals surface area contributed by atoms with E-state index in [1.807, 2.05) is 43.0 Å². The molecule has 0 unspecified atom stereocenters. The zero-order valence-electron chi connectivity index (χ0n) is 18.5. The van der Waals surface area contributed by atoms with Crippen LogP contribution in [-0.2, 0) is 19.7 Å². The Morgan fingerprint density at radius 2 is 1.94 bits per heavy atom. The molecule has 0 spiro atoms. The first-order valence-corrected chi connectivity index (χ1v) is 10.3. The van der Waals surface area contributed by atoms with E-state index in [1.54, 1.807) is 6.92 Å². The van der Waals surface area contributed by atoms with Crippen molar-refractivity contribution >= 4 is 17.7 Å². The number of hydrogen-bond donors (Lipinski definition) is 1. The lowest BCUT2D eigenvalue weighted by Crippen LogP contribution is -2.66. The summed E-state index contributed by atoms with van der Waals surface area (Å²) in [5.74, 6) is -0.924. The van der Waals surface area contributed by atoms with Crippen molar-refractivity contribution in [1.82, 2.24) is 9.88 Å². The second kappa shape index (κ2) is 9.60. The molecule has 1 saturated heterocycles. The molecule has 1 aliphatic rings. The summed E-state index contributed by atoms with van der Waals surface area (Å²) < 4.78 is 35.1. The Kier molecular flexibility index (Phi) is 7.08. The standard InChI is InChI=1S/C23H27F2N3O4/c1-14(2)16-7-5-6-8-17(16)23(12-28(13-23)11-19(29)31-4)21(30)27-20-18(32-22(24)25)9-15(3)10-26-20/h5-10,14,22H,11-13H2,1-4H3,(H,26,27,30). The average Bonchev–Trinajstić information content (AvgIpc) is 2.71. The van der Waals surface area contributed by atoms with Gasteiger partial charge in [0.05, 0.1) is 19.1 Å². The van der Waals surface area contributed by atoms with E-state index in [0.717, 1.165) is 11.1 Å². The highest BCUT2D eigenvalue weighted by atomic mass is 19.3. The molecular weight excluding hydrogens is 420 g/mol. The number of carbonyl (C=O) groups is 2. The molecule has 1 amide bonds. The van der Waals surface area contributed by atoms with Crippen LogP contribution in [-0.4, -0.2) is 55.1 Å². The van der Waals surface area contributed by atoms with E-state index in [-0.39, 0.29) is 37.1 Å². The van der Waals surface area contributed by atoms with Gasteiger partial charge in [0.2, 0.25) is 5.91 Å². The Balaban J connectivity index is 1.96. The third-order valence-corrected chi connectivity index (χ3v) is 5.54. The molecule has 1 fully saturated rings. The zero-order valence-corrected chi connectivity index (χ0v) is 18.5. The summed E-state index contributed by atoms with van der Waals surface area (Å²) in [5, 5.41) is 2.69. The van der Waals surface area contributed by atoms with Gasteiger partial charge in [-0.3, -0.25) is 14.5 Å². The number of benzene rings is 1. The number of aromatic nitrogens is 1. The maximum Gasteiger partial charge on any atom is 0.387 e. The molecule has 1 N–H and O–H groups in total. The number of hydrogen-bond acceptors (Lipinski definition) is 6. The largest absolute Gasteiger partial charge is 0.468 e. The van der Waals surface area contributed by atoms with Crippen LogP contribution in [0, 0.1) is 6.92 Å². The topological polar surface area (TPSA) is 80.8 Å². The van der Waals surface area contributed by atoms with Crippen LogP contribution in [0.1, 0.15) is 36.5 Å². The van der Waals surface area contributed by atoms with Crippen LogP contribution in [0.3, 0.4) is 0 Å². The minimum atomic E-state index is -3.05. The molecular formula is C23H27F2N3O4. The van der Waals surface area contributed by atoms with Crippen LogP contribution < -0.4 is 10.1 Å². The van der Waals surface area contributed by atoms with E-state index in [1.165, 1.54) is 19.4 Å². The van der Waals surface area contributed by atoms with E-state index in [4.69, 9.17) is 4.74 Å². The van der Waals surface area contributed by atoms with Gasteiger partial charge in [-0.05, 0) is 35.6 Å². The Labute approximate surface area is 185 Å². The number of likely N-dealkylation sites (tertiary alicyclic amines) is 1. The number of carbonyl (C=O) groups excluding carboxylic acids is 2. The molecule has 0 aliphatic carbocycles. The van der Waals surface area contributed by atoms with E-state index in [9.17, 15) is 18.4 Å². The van der Waals surface area contributed by atoms with Gasteiger partial charge in [0.15, 0.2) is 11.6 Å². The van der Waals surface area contributed by atoms with Crippen molar-refractivity contribution in [2.24, 2.45) is 0 Å². The summed E-state index contributed by atoms with van der Waals surface area (Å²) in [6.45, 7) is 3.30. The Hall–Kier alpha value is -3.07. The van der Waals surface area contributed by atoms with Crippen LogP contribution in [0.15, 0.2) is 36.5 Å². The number of methoxy groups -OCH3 is 1. The van der Waals surface area contributed by atoms with E-state index >= 15 is 0 Å². The number of halogens is 2. The number of nitrogens with zero attached hydrogens (tertiary/aromatic N) is 2. The maximum atomic E-state index is 13.6. The van der Waals surface area contributed by atoms with Gasteiger partial charge < -0.3 is 14.8 Å². The lowest BCUT2D eigenvalue weighted by atomic mass is 9.69. The van der Waals surface area contributed by atoms with Gasteiger partial charge in [-0.25, -0.2) is 4.98 Å². The second-order valence-electron chi connectivity index (χ2n) is 8.24. The molecule has 3 rings (SSSR count). The normalized spacial score (nSPS) is 15.4. The molecule has 0 atom stereocenters. The van der Waals surface area contributed by atoms with Crippen molar-refractivity contribution in [3.05, 3.63) is 53.2 Å². The van der Waals surface area contributed by atoms with Crippen molar-refractivity contribution in [2.45, 2.75) is 38.7 Å². The molecule has 1 aliphatic heterocycles. The van der Waals surface area contributed by atoms with E-state index in [0.29, 0.717) is 5.56 Å². The molecule has 9 heteroatoms. The van der Waals surface area contributed by atoms with E-state index < -0.39 is 23.9 Å². The lowest BCUT2D eigenvalue weighted by Gasteiger charge is -2.49. The SMILES string of the molecule is COC(=O)CN1CC(C(=O)Nc2ncc(C)cc2OC(F)F)(c2ccccc2C(C)C)C1. The summed E-state index contributed by atoms with van der Waals surface area (Å²) in [7, 11) is 1.31. The lowest BCUT2D eigenvalue weighted by molar-refractivity contribution is -0.146. The fourth-order valence-electron chi connectivity index (χ4n) is 4.00. The molecule has 1 aromatic carbocycles. The summed E-state index contributed by atoms with van der Waals surface area (Å²) in [4.78, 5) is 31.2. The van der Waals surface area contributed by atoms with Crippen molar-refractivity contribution in [2.75, 3.05) is 32.1 Å². The monoisotopic (exact) mass is 447 g/mol. The van der Waals surface area contributed by atoms with Gasteiger partial charge in [0.1, 0.15) is 0 Å². The fourth-order valence-corrected chi connectivity index (χ4v) is 4.00. The number of amides is 1. The molecule has 32 heavy (non-hydrogen) atoms. The highest BCUT2D eigenvalue weighted by molar-refractivity contribution is 6.01. The van der Waals surface area contributed by atoms with Crippen LogP contribution in [0.25, 0.3) is 0 Å². The van der Waals surface area contributed by atoms with Gasteiger partial charge in [-0.2, -0.15) is 8.78 Å². The summed E-state index contributed by atoms with van der Waals surface area (Å²) in [5.41, 5.74) is 1.47. The number of alkyl halides is 2. The minimum absolute atomic E-state index is 0.0535. The first-order valence-electron chi connectivity index (χ1n) is 10.3. The predicted molar refractivity (Wildman–Crippen MR) is 115 cm³/mol. The first-order chi connectivity index (χ1) is 15.2. The summed E-state index contributed by atoms with van der Waals surface area (Å²) in [6, 6.07) is 9.02. The number of esters is 1. The Morgan fingerprint density at radius 3 is 2.56 bits per heavy atom. The quantitative estimate of drug-likeness (QED) is 0.624. The van der Waals surface area contributed by atoms with Crippen molar-refractivity contribution in [3.63, 3.8) is 0 Å². The van der Waals surface area contributed by atoms with Crippen molar-refractivity contribution in [3.8, 4) is 5.75 Å². The van der Waals surface area contributed by atoms with Gasteiger partial charge in [0.25, 0.3) is 0 Å². The van der Waals surface area contributed by atoms with Gasteiger partial charge in [0, 0.05) is 19.3 Å². The molecule has 2 aromatic rings. The smallest absolute Gasteiger partial charge is 0.387 e. The number of nitrogens with one attached hydrogen (secondary N) is 1. The van der Waals surface area contributed by atoms with Crippen LogP contribution in [0.4, 0.5) is 14.6 Å². The Bertz CT molecular complexity index is 991. The molecule has 0 radical (unpaired) electrons. The molecule has 2 heterocycles. The summed E-state index contributed by atoms with van der Waals surface area (Å²) in [6.07, 6.45) is 1.47. The third-order valence-electron chi connectivity index (χ3n) is 5.54. The molecule has 0 bridgehead atoms. The highest BCUT2D eigenvalue weighted by Crippen LogP contribution is 2.40. The summed E-state index contributed by atoms with van der Waals surface area (Å²) >= 11 is 0. The Morgan fingerprint density at radius 1 is 1.25 bits per heavy atom. The number of anilines is 1. The fraction of sp³-hybridized carbons (Fsp3) is 0.435. The van der Waals surface area contributed by atoms with Gasteiger partial charge >= 0.3 is 12.6 Å². The number of pyridine rings is 1. The number of ether oxygens (including phenoxy) is 2. The third kappa shape index (κ3) is 4.88. The highest BCUT2D eigenvalue weighted by Gasteiger charge is 2.52. The van der Waals surface area contributed by atoms with Crippen LogP contribution in [0.5, 0.6) is 5.75 Å². The average molecular weight is 447 g/mol. The molecule has 7 nitrogen and oxygen atoms in total. The number of aryl methyl sites for hydroxylation is 1. The van der Waals surface area contributed by atoms with Crippen LogP contribution >= 0.6 is 0 Å². The minimum Gasteiger partial charge on any atom is -0.468 e. The molecule has 172 valence electrons. The zero-order chi connectivity index (χ0) is 23.5. The maximum absolute atomic E-state index is 13.6. The molecule has 0 saturated carbocycles. The first kappa shape index (κ1) is 23.6. The van der Waals surface area contributed by atoms with Crippen molar-refractivity contribution < 1.29 is 27.8 Å². The second-order valence-corrected chi connectivity index (χ2v) is 8.24. The van der Waals surface area contributed by atoms with Crippen LogP contribution in [0.2, 0.25) is 0 Å². The predicted octanol–water partition coefficient (Wildman–Crippen LogP) is 3.48. The van der Waals surface area contributed by atoms with Gasteiger partial charge in [-0.1, -0.05) is 38.1 Å². The van der Waals surface area contributed by atoms with Crippen molar-refractivity contribution in [1.29, 1.82) is 0 Å². The number of rotatable bonds is 8.